The van der Waals surface area contributed by atoms with Crippen LogP contribution in [-0.2, 0) is 4.84 Å². The molecule has 1 aromatic carbocycles. The van der Waals surface area contributed by atoms with Gasteiger partial charge in [0.05, 0.1) is 18.5 Å². The van der Waals surface area contributed by atoms with Gasteiger partial charge in [0.25, 0.3) is 0 Å². The molecule has 1 aromatic heterocycles. The van der Waals surface area contributed by atoms with Crippen LogP contribution in [0.2, 0.25) is 0 Å². The number of hydrogen-bond acceptors (Lipinski definition) is 6. The summed E-state index contributed by atoms with van der Waals surface area (Å²) in [6.07, 6.45) is 5.26. The van der Waals surface area contributed by atoms with Gasteiger partial charge < -0.3 is 19.7 Å². The molecule has 0 fully saturated rings. The zero-order valence-electron chi connectivity index (χ0n) is 18.3. The fourth-order valence-corrected chi connectivity index (χ4v) is 2.46. The molecule has 166 valence electrons. The van der Waals surface area contributed by atoms with Gasteiger partial charge in [-0.1, -0.05) is 38.8 Å². The van der Waals surface area contributed by atoms with Gasteiger partial charge in [0.15, 0.2) is 5.43 Å². The molecule has 0 aliphatic carbocycles. The van der Waals surface area contributed by atoms with Gasteiger partial charge >= 0.3 is 5.97 Å². The number of hydrogen-bond donors (Lipinski definition) is 2. The van der Waals surface area contributed by atoms with Gasteiger partial charge in [0.2, 0.25) is 0 Å². The summed E-state index contributed by atoms with van der Waals surface area (Å²) in [7, 11) is 3.89. The maximum Gasteiger partial charge on any atom is 0.341 e. The van der Waals surface area contributed by atoms with Crippen LogP contribution in [-0.4, -0.2) is 43.1 Å². The van der Waals surface area contributed by atoms with Crippen LogP contribution in [0.25, 0.3) is 11.3 Å². The van der Waals surface area contributed by atoms with E-state index in [-0.39, 0.29) is 5.56 Å². The maximum atomic E-state index is 12.1. The second-order valence-corrected chi connectivity index (χ2v) is 6.92. The van der Waals surface area contributed by atoms with E-state index in [9.17, 15) is 9.59 Å². The third kappa shape index (κ3) is 7.88. The van der Waals surface area contributed by atoms with E-state index >= 15 is 0 Å². The second kappa shape index (κ2) is 13.4. The number of rotatable bonds is 10. The summed E-state index contributed by atoms with van der Waals surface area (Å²) in [5.74, 6) is 3.45. The molecule has 1 heterocycles. The Morgan fingerprint density at radius 2 is 1.70 bits per heavy atom. The molecule has 0 unspecified atom stereocenters. The highest BCUT2D eigenvalue weighted by molar-refractivity contribution is 5.87. The number of carboxylic acids is 1. The number of nitrogens with zero attached hydrogens (tertiary/aromatic N) is 2. The monoisotopic (exact) mass is 419 g/mol. The number of aromatic carboxylic acids is 1. The fourth-order valence-electron chi connectivity index (χ4n) is 2.46. The van der Waals surface area contributed by atoms with Crippen LogP contribution in [0.1, 0.15) is 49.9 Å². The molecular formula is C22H33N3O5. The predicted molar refractivity (Wildman–Crippen MR) is 119 cm³/mol. The fraction of sp³-hybridized carbons (Fsp3) is 0.455. The van der Waals surface area contributed by atoms with Crippen molar-refractivity contribution in [3.63, 3.8) is 0 Å². The first kappa shape index (κ1) is 25.2. The minimum absolute atomic E-state index is 0.305. The Hall–Kier alpha value is -2.84. The van der Waals surface area contributed by atoms with Crippen molar-refractivity contribution in [2.24, 2.45) is 5.90 Å². The zero-order valence-corrected chi connectivity index (χ0v) is 18.3. The molecule has 0 spiro atoms. The summed E-state index contributed by atoms with van der Waals surface area (Å²) in [6.45, 7) is 5.27. The summed E-state index contributed by atoms with van der Waals surface area (Å²) in [4.78, 5) is 35.2. The van der Waals surface area contributed by atoms with Gasteiger partial charge in [-0.3, -0.25) is 4.79 Å². The smallest absolute Gasteiger partial charge is 0.341 e. The highest BCUT2D eigenvalue weighted by Crippen LogP contribution is 2.21. The first-order chi connectivity index (χ1) is 14.3. The Bertz CT molecular complexity index is 828. The standard InChI is InChI=1S/C18H22N2O4.C4H11NO/c1-4-5-10-24-20-12-15(18(22)23)17(21)11-16(20)13-6-8-14(9-7-13)19(2)3;1-2-3-4-6-5/h6-9,11-12H,4-5,10H2,1-3H3,(H,22,23);2-5H2,1H3. The summed E-state index contributed by atoms with van der Waals surface area (Å²) >= 11 is 0. The van der Waals surface area contributed by atoms with Gasteiger partial charge in [-0.25, -0.2) is 10.7 Å². The Balaban J connectivity index is 0.000000656. The van der Waals surface area contributed by atoms with Crippen LogP contribution in [0.5, 0.6) is 0 Å². The lowest BCUT2D eigenvalue weighted by atomic mass is 10.1. The average Bonchev–Trinajstić information content (AvgIpc) is 2.73. The van der Waals surface area contributed by atoms with Crippen LogP contribution in [0.15, 0.2) is 41.3 Å². The van der Waals surface area contributed by atoms with Gasteiger partial charge in [-0.05, 0) is 25.0 Å². The summed E-state index contributed by atoms with van der Waals surface area (Å²) in [5.41, 5.74) is 1.50. The van der Waals surface area contributed by atoms with Gasteiger partial charge in [0, 0.05) is 31.4 Å². The second-order valence-electron chi connectivity index (χ2n) is 6.92. The van der Waals surface area contributed by atoms with Crippen LogP contribution in [0.3, 0.4) is 0 Å². The number of carboxylic acid groups (broad SMARTS) is 1. The van der Waals surface area contributed by atoms with E-state index in [1.54, 1.807) is 0 Å². The van der Waals surface area contributed by atoms with E-state index < -0.39 is 11.4 Å². The van der Waals surface area contributed by atoms with Crippen molar-refractivity contribution < 1.29 is 19.6 Å². The van der Waals surface area contributed by atoms with E-state index in [0.717, 1.165) is 36.9 Å². The highest BCUT2D eigenvalue weighted by Gasteiger charge is 2.14. The molecule has 2 aromatic rings. The lowest BCUT2D eigenvalue weighted by Crippen LogP contribution is -2.23. The average molecular weight is 420 g/mol. The number of benzene rings is 1. The minimum atomic E-state index is -1.26. The van der Waals surface area contributed by atoms with Gasteiger partial charge in [-0.15, -0.1) is 0 Å². The molecule has 30 heavy (non-hydrogen) atoms. The highest BCUT2D eigenvalue weighted by atomic mass is 16.7. The van der Waals surface area contributed by atoms with Crippen LogP contribution < -0.4 is 21.1 Å². The molecule has 0 saturated heterocycles. The van der Waals surface area contributed by atoms with Crippen molar-refractivity contribution in [3.05, 3.63) is 52.3 Å². The lowest BCUT2D eigenvalue weighted by Gasteiger charge is -2.17. The number of aromatic nitrogens is 1. The van der Waals surface area contributed by atoms with Gasteiger partial charge in [0.1, 0.15) is 12.2 Å². The number of carbonyl (C=O) groups is 1. The molecule has 0 aliphatic heterocycles. The Kier molecular flexibility index (Phi) is 11.3. The predicted octanol–water partition coefficient (Wildman–Crippen LogP) is 3.19. The number of pyridine rings is 1. The first-order valence-electron chi connectivity index (χ1n) is 10.1. The minimum Gasteiger partial charge on any atom is -0.477 e. The Labute approximate surface area is 177 Å². The zero-order chi connectivity index (χ0) is 22.5. The summed E-state index contributed by atoms with van der Waals surface area (Å²) < 4.78 is 1.38. The molecule has 0 aliphatic rings. The molecule has 8 nitrogen and oxygen atoms in total. The number of unbranched alkanes of at least 4 members (excludes halogenated alkanes) is 2. The largest absolute Gasteiger partial charge is 0.477 e. The van der Waals surface area contributed by atoms with Crippen molar-refractivity contribution in [1.29, 1.82) is 0 Å². The number of nitrogens with two attached hydrogens (primary N) is 1. The van der Waals surface area contributed by atoms with Crippen molar-refractivity contribution in [2.75, 3.05) is 32.2 Å². The molecule has 3 N–H and O–H groups in total. The molecule has 0 bridgehead atoms. The molecule has 8 heteroatoms. The van der Waals surface area contributed by atoms with Gasteiger partial charge in [-0.2, -0.15) is 4.73 Å². The topological polar surface area (TPSA) is 107 Å². The normalized spacial score (nSPS) is 10.2. The van der Waals surface area contributed by atoms with E-state index in [1.165, 1.54) is 17.0 Å². The number of anilines is 1. The van der Waals surface area contributed by atoms with Crippen molar-refractivity contribution >= 4 is 11.7 Å². The van der Waals surface area contributed by atoms with E-state index in [1.807, 2.05) is 50.2 Å². The molecule has 0 amide bonds. The van der Waals surface area contributed by atoms with Crippen LogP contribution >= 0.6 is 0 Å². The third-order valence-electron chi connectivity index (χ3n) is 4.27. The molecule has 0 radical (unpaired) electrons. The first-order valence-corrected chi connectivity index (χ1v) is 10.1. The Morgan fingerprint density at radius 3 is 2.17 bits per heavy atom. The summed E-state index contributed by atoms with van der Waals surface area (Å²) in [6, 6.07) is 8.93. The van der Waals surface area contributed by atoms with Crippen LogP contribution in [0.4, 0.5) is 5.69 Å². The van der Waals surface area contributed by atoms with E-state index in [2.05, 4.69) is 11.8 Å². The van der Waals surface area contributed by atoms with Crippen molar-refractivity contribution in [2.45, 2.75) is 39.5 Å². The molecule has 0 saturated carbocycles. The molecule has 2 rings (SSSR count). The van der Waals surface area contributed by atoms with Crippen molar-refractivity contribution in [3.8, 4) is 11.3 Å². The van der Waals surface area contributed by atoms with E-state index in [0.29, 0.717) is 18.9 Å². The van der Waals surface area contributed by atoms with Crippen molar-refractivity contribution in [1.82, 2.24) is 4.73 Å². The Morgan fingerprint density at radius 1 is 1.10 bits per heavy atom. The molecular weight excluding hydrogens is 386 g/mol. The van der Waals surface area contributed by atoms with E-state index in [4.69, 9.17) is 15.8 Å². The summed E-state index contributed by atoms with van der Waals surface area (Å²) in [5, 5.41) is 9.15. The maximum absolute atomic E-state index is 12.1. The SMILES string of the molecule is CCCCON.CCCCOn1cc(C(=O)O)c(=O)cc1-c1ccc(N(C)C)cc1. The lowest BCUT2D eigenvalue weighted by molar-refractivity contribution is 0.0683. The quantitative estimate of drug-likeness (QED) is 0.450. The third-order valence-corrected chi connectivity index (χ3v) is 4.27. The van der Waals surface area contributed by atoms with Crippen LogP contribution in [0, 0.1) is 0 Å². The molecule has 0 atom stereocenters.